The van der Waals surface area contributed by atoms with Crippen LogP contribution < -0.4 is 10.8 Å². The molecule has 1 aliphatic heterocycles. The van der Waals surface area contributed by atoms with Gasteiger partial charge in [-0.05, 0) is 80.9 Å². The van der Waals surface area contributed by atoms with Crippen molar-refractivity contribution in [2.75, 3.05) is 7.11 Å². The van der Waals surface area contributed by atoms with E-state index in [4.69, 9.17) is 4.84 Å². The van der Waals surface area contributed by atoms with Gasteiger partial charge in [0.1, 0.15) is 11.5 Å². The molecule has 0 radical (unpaired) electrons. The van der Waals surface area contributed by atoms with Gasteiger partial charge in [0.25, 0.3) is 0 Å². The summed E-state index contributed by atoms with van der Waals surface area (Å²) in [7, 11) is 1.54. The van der Waals surface area contributed by atoms with Crippen LogP contribution in [0.3, 0.4) is 0 Å². The lowest BCUT2D eigenvalue weighted by Crippen LogP contribution is -2.47. The van der Waals surface area contributed by atoms with Gasteiger partial charge in [-0.25, -0.2) is 0 Å². The lowest BCUT2D eigenvalue weighted by atomic mass is 9.77. The van der Waals surface area contributed by atoms with Crippen LogP contribution in [0.15, 0.2) is 17.8 Å². The average molecular weight is 342 g/mol. The van der Waals surface area contributed by atoms with Crippen molar-refractivity contribution in [3.63, 3.8) is 0 Å². The standard InChI is InChI=1S/C20H26N2O3/c1-11-9-12(2)16(14(4)13(11)3)17-18(23)20(21-19(17)24)8-6-7-15(10-20)22-25-5/h9-10,17,22H,6-8H2,1-5H3,(H,21,24). The molecular weight excluding hydrogens is 316 g/mol. The first-order valence-corrected chi connectivity index (χ1v) is 8.75. The summed E-state index contributed by atoms with van der Waals surface area (Å²) >= 11 is 0. The van der Waals surface area contributed by atoms with Gasteiger partial charge in [-0.2, -0.15) is 0 Å². The number of aryl methyl sites for hydroxylation is 2. The quantitative estimate of drug-likeness (QED) is 0.655. The normalized spacial score (nSPS) is 26.0. The summed E-state index contributed by atoms with van der Waals surface area (Å²) in [6.45, 7) is 8.09. The maximum Gasteiger partial charge on any atom is 0.236 e. The van der Waals surface area contributed by atoms with Gasteiger partial charge in [-0.15, -0.1) is 0 Å². The van der Waals surface area contributed by atoms with Crippen LogP contribution in [0.1, 0.15) is 53.0 Å². The Kier molecular flexibility index (Phi) is 4.45. The van der Waals surface area contributed by atoms with Crippen LogP contribution in [0, 0.1) is 27.7 Å². The van der Waals surface area contributed by atoms with Crippen molar-refractivity contribution >= 4 is 11.7 Å². The molecule has 2 unspecified atom stereocenters. The van der Waals surface area contributed by atoms with E-state index in [1.54, 1.807) is 7.11 Å². The van der Waals surface area contributed by atoms with Crippen molar-refractivity contribution in [2.24, 2.45) is 0 Å². The number of hydrogen-bond donors (Lipinski definition) is 2. The predicted molar refractivity (Wildman–Crippen MR) is 96.1 cm³/mol. The Bertz CT molecular complexity index is 782. The summed E-state index contributed by atoms with van der Waals surface area (Å²) < 4.78 is 0. The second-order valence-corrected chi connectivity index (χ2v) is 7.26. The van der Waals surface area contributed by atoms with E-state index < -0.39 is 11.5 Å². The van der Waals surface area contributed by atoms with E-state index in [2.05, 4.69) is 23.8 Å². The number of benzene rings is 1. The second kappa shape index (κ2) is 6.30. The first-order valence-electron chi connectivity index (χ1n) is 8.75. The Morgan fingerprint density at radius 1 is 1.16 bits per heavy atom. The molecular formula is C20H26N2O3. The lowest BCUT2D eigenvalue weighted by Gasteiger charge is -2.30. The maximum absolute atomic E-state index is 13.3. The monoisotopic (exact) mass is 342 g/mol. The van der Waals surface area contributed by atoms with Gasteiger partial charge in [-0.1, -0.05) is 6.07 Å². The zero-order valence-corrected chi connectivity index (χ0v) is 15.6. The molecule has 5 nitrogen and oxygen atoms in total. The molecule has 1 heterocycles. The number of nitrogens with one attached hydrogen (secondary N) is 2. The first-order chi connectivity index (χ1) is 11.8. The van der Waals surface area contributed by atoms with Crippen LogP contribution >= 0.6 is 0 Å². The minimum atomic E-state index is -0.918. The molecule has 1 aromatic rings. The lowest BCUT2D eigenvalue weighted by molar-refractivity contribution is -0.125. The zero-order chi connectivity index (χ0) is 18.4. The predicted octanol–water partition coefficient (Wildman–Crippen LogP) is 2.66. The molecule has 1 spiro atoms. The Labute approximate surface area is 148 Å². The van der Waals surface area contributed by atoms with Crippen LogP contribution in [0.5, 0.6) is 0 Å². The zero-order valence-electron chi connectivity index (χ0n) is 15.6. The summed E-state index contributed by atoms with van der Waals surface area (Å²) in [5.41, 5.74) is 7.98. The van der Waals surface area contributed by atoms with Crippen molar-refractivity contribution in [3.8, 4) is 0 Å². The molecule has 25 heavy (non-hydrogen) atoms. The highest BCUT2D eigenvalue weighted by Gasteiger charge is 2.53. The van der Waals surface area contributed by atoms with Crippen LogP contribution in [-0.4, -0.2) is 24.3 Å². The van der Waals surface area contributed by atoms with E-state index >= 15 is 0 Å². The number of ketones is 1. The van der Waals surface area contributed by atoms with Crippen LogP contribution in [0.4, 0.5) is 0 Å². The smallest absolute Gasteiger partial charge is 0.236 e. The topological polar surface area (TPSA) is 67.4 Å². The molecule has 5 heteroatoms. The third kappa shape index (κ3) is 2.76. The molecule has 1 saturated heterocycles. The number of hydroxylamine groups is 1. The van der Waals surface area contributed by atoms with Gasteiger partial charge in [0, 0.05) is 5.70 Å². The Hall–Kier alpha value is -2.14. The molecule has 2 atom stereocenters. The number of rotatable bonds is 3. The minimum absolute atomic E-state index is 0.0537. The molecule has 0 aromatic heterocycles. The summed E-state index contributed by atoms with van der Waals surface area (Å²) in [6, 6.07) is 2.07. The van der Waals surface area contributed by atoms with E-state index in [0.29, 0.717) is 6.42 Å². The molecule has 0 bridgehead atoms. The van der Waals surface area contributed by atoms with Crippen molar-refractivity contribution in [1.29, 1.82) is 0 Å². The molecule has 2 N–H and O–H groups in total. The second-order valence-electron chi connectivity index (χ2n) is 7.26. The van der Waals surface area contributed by atoms with Crippen molar-refractivity contribution < 1.29 is 14.4 Å². The van der Waals surface area contributed by atoms with Gasteiger partial charge < -0.3 is 5.32 Å². The molecule has 1 aliphatic carbocycles. The largest absolute Gasteiger partial charge is 0.339 e. The molecule has 3 rings (SSSR count). The van der Waals surface area contributed by atoms with E-state index in [1.807, 2.05) is 26.8 Å². The van der Waals surface area contributed by atoms with Crippen LogP contribution in [0.25, 0.3) is 0 Å². The SMILES string of the molecule is CONC1=CC2(CCC1)NC(=O)C(c1c(C)cc(C)c(C)c1C)C2=O. The van der Waals surface area contributed by atoms with Gasteiger partial charge in [0.15, 0.2) is 5.78 Å². The van der Waals surface area contributed by atoms with Gasteiger partial charge in [0.05, 0.1) is 7.11 Å². The van der Waals surface area contributed by atoms with Gasteiger partial charge >= 0.3 is 0 Å². The summed E-state index contributed by atoms with van der Waals surface area (Å²) in [4.78, 5) is 31.1. The Morgan fingerprint density at radius 2 is 1.88 bits per heavy atom. The number of carbonyl (C=O) groups is 2. The van der Waals surface area contributed by atoms with E-state index in [1.165, 1.54) is 5.56 Å². The van der Waals surface area contributed by atoms with Crippen LogP contribution in [0.2, 0.25) is 0 Å². The molecule has 134 valence electrons. The highest BCUT2D eigenvalue weighted by atomic mass is 16.6. The fourth-order valence-corrected chi connectivity index (χ4v) is 4.24. The fraction of sp³-hybridized carbons (Fsp3) is 0.500. The third-order valence-corrected chi connectivity index (χ3v) is 5.69. The van der Waals surface area contributed by atoms with Gasteiger partial charge in [-0.3, -0.25) is 19.9 Å². The molecule has 2 aliphatic rings. The van der Waals surface area contributed by atoms with Crippen molar-refractivity contribution in [2.45, 2.75) is 58.4 Å². The number of amides is 1. The number of hydrogen-bond acceptors (Lipinski definition) is 4. The summed E-state index contributed by atoms with van der Waals surface area (Å²) in [6.07, 6.45) is 4.11. The van der Waals surface area contributed by atoms with E-state index in [-0.39, 0.29) is 11.7 Å². The minimum Gasteiger partial charge on any atom is -0.339 e. The Balaban J connectivity index is 2.07. The van der Waals surface area contributed by atoms with E-state index in [9.17, 15) is 9.59 Å². The Morgan fingerprint density at radius 3 is 2.56 bits per heavy atom. The molecule has 1 aromatic carbocycles. The number of allylic oxidation sites excluding steroid dienone is 1. The average Bonchev–Trinajstić information content (AvgIpc) is 2.77. The third-order valence-electron chi connectivity index (χ3n) is 5.69. The molecule has 1 amide bonds. The highest BCUT2D eigenvalue weighted by Crippen LogP contribution is 2.40. The molecule has 1 fully saturated rings. The van der Waals surface area contributed by atoms with Crippen LogP contribution in [-0.2, 0) is 14.4 Å². The fourth-order valence-electron chi connectivity index (χ4n) is 4.24. The molecule has 0 saturated carbocycles. The maximum atomic E-state index is 13.3. The van der Waals surface area contributed by atoms with Crippen molar-refractivity contribution in [1.82, 2.24) is 10.8 Å². The number of Topliss-reactive ketones (excluding diaryl/α,β-unsaturated/α-hetero) is 1. The summed E-state index contributed by atoms with van der Waals surface area (Å²) in [5.74, 6) is -0.992. The van der Waals surface area contributed by atoms with Crippen molar-refractivity contribution in [3.05, 3.63) is 45.7 Å². The summed E-state index contributed by atoms with van der Waals surface area (Å²) in [5, 5.41) is 2.98. The van der Waals surface area contributed by atoms with E-state index in [0.717, 1.165) is 40.8 Å². The first kappa shape index (κ1) is 17.7. The highest BCUT2D eigenvalue weighted by molar-refractivity contribution is 6.18. The van der Waals surface area contributed by atoms with Gasteiger partial charge in [0.2, 0.25) is 5.91 Å². The number of carbonyl (C=O) groups excluding carboxylic acids is 2.